The van der Waals surface area contributed by atoms with Gasteiger partial charge in [-0.3, -0.25) is 9.67 Å². The van der Waals surface area contributed by atoms with Crippen LogP contribution in [-0.2, 0) is 5.54 Å². The first-order valence-electron chi connectivity index (χ1n) is 9.79. The molecule has 0 amide bonds. The molecule has 31 heavy (non-hydrogen) atoms. The third-order valence-electron chi connectivity index (χ3n) is 5.70. The van der Waals surface area contributed by atoms with Crippen molar-refractivity contribution < 1.29 is 0 Å². The predicted octanol–water partition coefficient (Wildman–Crippen LogP) is 3.08. The summed E-state index contributed by atoms with van der Waals surface area (Å²) < 4.78 is 1.82. The number of rotatable bonds is 4. The van der Waals surface area contributed by atoms with E-state index in [9.17, 15) is 10.5 Å². The minimum absolute atomic E-state index is 0.0467. The lowest BCUT2D eigenvalue weighted by molar-refractivity contribution is 0.0884. The molecule has 1 saturated carbocycles. The Bertz CT molecular complexity index is 1370. The van der Waals surface area contributed by atoms with Crippen molar-refractivity contribution in [2.75, 3.05) is 5.73 Å². The molecule has 0 aromatic carbocycles. The number of nitriles is 2. The average molecular weight is 407 g/mol. The second-order valence-electron chi connectivity index (χ2n) is 7.74. The molecule has 0 atom stereocenters. The Morgan fingerprint density at radius 3 is 2.81 bits per heavy atom. The summed E-state index contributed by atoms with van der Waals surface area (Å²) in [5.41, 5.74) is 9.13. The highest BCUT2D eigenvalue weighted by Crippen LogP contribution is 2.46. The van der Waals surface area contributed by atoms with Crippen molar-refractivity contribution in [3.8, 4) is 34.9 Å². The first kappa shape index (κ1) is 18.6. The van der Waals surface area contributed by atoms with E-state index in [0.29, 0.717) is 47.7 Å². The van der Waals surface area contributed by atoms with Crippen LogP contribution in [0.5, 0.6) is 0 Å². The minimum Gasteiger partial charge on any atom is -0.397 e. The molecule has 150 valence electrons. The Balaban J connectivity index is 1.63. The Kier molecular flexibility index (Phi) is 4.30. The molecular weight excluding hydrogens is 390 g/mol. The summed E-state index contributed by atoms with van der Waals surface area (Å²) in [6, 6.07) is 13.8. The van der Waals surface area contributed by atoms with Crippen molar-refractivity contribution in [3.05, 3.63) is 48.9 Å². The number of anilines is 1. The lowest BCUT2D eigenvalue weighted by Crippen LogP contribution is -2.46. The van der Waals surface area contributed by atoms with Gasteiger partial charge < -0.3 is 5.73 Å². The summed E-state index contributed by atoms with van der Waals surface area (Å²) in [6.45, 7) is 0. The quantitative estimate of drug-likeness (QED) is 0.543. The topological polar surface area (TPSA) is 143 Å². The van der Waals surface area contributed by atoms with E-state index in [1.165, 1.54) is 6.20 Å². The van der Waals surface area contributed by atoms with Gasteiger partial charge in [-0.15, -0.1) is 5.10 Å². The molecule has 0 bridgehead atoms. The van der Waals surface area contributed by atoms with Gasteiger partial charge in [0.25, 0.3) is 0 Å². The SMILES string of the molecule is N#CCC1(n2ccc(-c3nc(-c4cc(N)cnn4)cc4ncccc34)n2)CC(C#N)C1. The molecule has 4 aromatic heterocycles. The van der Waals surface area contributed by atoms with Crippen molar-refractivity contribution in [1.82, 2.24) is 29.9 Å². The molecular formula is C22H17N9. The summed E-state index contributed by atoms with van der Waals surface area (Å²) >= 11 is 0. The van der Waals surface area contributed by atoms with Crippen LogP contribution in [-0.4, -0.2) is 29.9 Å². The maximum atomic E-state index is 9.32. The average Bonchev–Trinajstić information content (AvgIpc) is 3.25. The molecule has 0 radical (unpaired) electrons. The van der Waals surface area contributed by atoms with Gasteiger partial charge in [-0.25, -0.2) is 4.98 Å². The Labute approximate surface area is 177 Å². The monoisotopic (exact) mass is 407 g/mol. The highest BCUT2D eigenvalue weighted by Gasteiger charge is 2.46. The Morgan fingerprint density at radius 2 is 2.03 bits per heavy atom. The minimum atomic E-state index is -0.446. The molecule has 0 aliphatic heterocycles. The van der Waals surface area contributed by atoms with E-state index >= 15 is 0 Å². The summed E-state index contributed by atoms with van der Waals surface area (Å²) in [4.78, 5) is 9.28. The van der Waals surface area contributed by atoms with E-state index in [1.54, 1.807) is 12.3 Å². The van der Waals surface area contributed by atoms with Gasteiger partial charge in [0.1, 0.15) is 17.1 Å². The Morgan fingerprint density at radius 1 is 1.16 bits per heavy atom. The van der Waals surface area contributed by atoms with Crippen LogP contribution in [0.2, 0.25) is 0 Å². The fourth-order valence-corrected chi connectivity index (χ4v) is 4.13. The second kappa shape index (κ2) is 7.15. The van der Waals surface area contributed by atoms with Crippen molar-refractivity contribution in [3.63, 3.8) is 0 Å². The largest absolute Gasteiger partial charge is 0.397 e. The molecule has 1 aliphatic carbocycles. The fraction of sp³-hybridized carbons (Fsp3) is 0.227. The zero-order valence-electron chi connectivity index (χ0n) is 16.5. The summed E-state index contributed by atoms with van der Waals surface area (Å²) in [5, 5.41) is 32.2. The van der Waals surface area contributed by atoms with Gasteiger partial charge in [0.2, 0.25) is 0 Å². The molecule has 4 aromatic rings. The number of nitrogens with zero attached hydrogens (tertiary/aromatic N) is 8. The van der Waals surface area contributed by atoms with Crippen molar-refractivity contribution in [2.24, 2.45) is 5.92 Å². The highest BCUT2D eigenvalue weighted by molar-refractivity contribution is 5.93. The van der Waals surface area contributed by atoms with E-state index < -0.39 is 5.54 Å². The Hall–Kier alpha value is -4.37. The maximum Gasteiger partial charge on any atom is 0.113 e. The van der Waals surface area contributed by atoms with Gasteiger partial charge in [0.05, 0.1) is 53.1 Å². The highest BCUT2D eigenvalue weighted by atomic mass is 15.3. The van der Waals surface area contributed by atoms with Crippen molar-refractivity contribution in [2.45, 2.75) is 24.8 Å². The summed E-state index contributed by atoms with van der Waals surface area (Å²) in [7, 11) is 0. The van der Waals surface area contributed by atoms with Gasteiger partial charge in [-0.05, 0) is 43.2 Å². The first-order valence-corrected chi connectivity index (χ1v) is 9.79. The molecule has 2 N–H and O–H groups in total. The number of fused-ring (bicyclic) bond motifs is 1. The van der Waals surface area contributed by atoms with Crippen molar-refractivity contribution >= 4 is 16.6 Å². The third kappa shape index (κ3) is 3.13. The maximum absolute atomic E-state index is 9.32. The summed E-state index contributed by atoms with van der Waals surface area (Å²) in [6.07, 6.45) is 6.60. The van der Waals surface area contributed by atoms with Gasteiger partial charge in [-0.2, -0.15) is 20.7 Å². The van der Waals surface area contributed by atoms with Crippen LogP contribution in [0, 0.1) is 28.6 Å². The number of pyridine rings is 2. The molecule has 4 heterocycles. The molecule has 5 rings (SSSR count). The fourth-order valence-electron chi connectivity index (χ4n) is 4.13. The van der Waals surface area contributed by atoms with Crippen LogP contribution in [0.25, 0.3) is 33.7 Å². The van der Waals surface area contributed by atoms with Crippen LogP contribution in [0.4, 0.5) is 5.69 Å². The van der Waals surface area contributed by atoms with Crippen LogP contribution in [0.3, 0.4) is 0 Å². The summed E-state index contributed by atoms with van der Waals surface area (Å²) in [5.74, 6) is -0.0467. The lowest BCUT2D eigenvalue weighted by Gasteiger charge is -2.43. The molecule has 0 spiro atoms. The van der Waals surface area contributed by atoms with Crippen molar-refractivity contribution in [1.29, 1.82) is 10.5 Å². The van der Waals surface area contributed by atoms with Gasteiger partial charge >= 0.3 is 0 Å². The zero-order valence-corrected chi connectivity index (χ0v) is 16.5. The van der Waals surface area contributed by atoms with E-state index in [-0.39, 0.29) is 5.92 Å². The van der Waals surface area contributed by atoms with E-state index in [1.807, 2.05) is 35.1 Å². The van der Waals surface area contributed by atoms with E-state index in [0.717, 1.165) is 10.9 Å². The third-order valence-corrected chi connectivity index (χ3v) is 5.70. The van der Waals surface area contributed by atoms with Crippen LogP contribution >= 0.6 is 0 Å². The number of aromatic nitrogens is 6. The number of nitrogen functional groups attached to an aromatic ring is 1. The molecule has 9 heteroatoms. The molecule has 0 saturated heterocycles. The number of nitrogens with two attached hydrogens (primary N) is 1. The van der Waals surface area contributed by atoms with Gasteiger partial charge in [-0.1, -0.05) is 0 Å². The van der Waals surface area contributed by atoms with Crippen LogP contribution in [0.15, 0.2) is 48.9 Å². The first-order chi connectivity index (χ1) is 15.1. The molecule has 0 unspecified atom stereocenters. The number of hydrogen-bond acceptors (Lipinski definition) is 8. The van der Waals surface area contributed by atoms with E-state index in [2.05, 4.69) is 27.3 Å². The smallest absolute Gasteiger partial charge is 0.113 e. The predicted molar refractivity (Wildman–Crippen MR) is 113 cm³/mol. The standard InChI is InChI=1S/C22H17N9/c23-5-4-22(10-14(11-22)12-24)31-7-3-17(30-31)21-16-2-1-6-26-18(16)9-19(28-21)20-8-15(25)13-27-29-20/h1-3,6-9,13-14H,4,10-11H2,(H2,25,29). The molecule has 9 nitrogen and oxygen atoms in total. The van der Waals surface area contributed by atoms with Gasteiger partial charge in [0, 0.05) is 17.8 Å². The zero-order chi connectivity index (χ0) is 21.4. The normalized spacial score (nSPS) is 20.0. The lowest BCUT2D eigenvalue weighted by atomic mass is 9.67. The second-order valence-corrected chi connectivity index (χ2v) is 7.74. The van der Waals surface area contributed by atoms with Crippen LogP contribution in [0.1, 0.15) is 19.3 Å². The van der Waals surface area contributed by atoms with E-state index in [4.69, 9.17) is 15.8 Å². The van der Waals surface area contributed by atoms with Gasteiger partial charge in [0.15, 0.2) is 0 Å². The van der Waals surface area contributed by atoms with Crippen LogP contribution < -0.4 is 5.73 Å². The molecule has 1 aliphatic rings. The molecule has 1 fully saturated rings. The number of hydrogen-bond donors (Lipinski definition) is 1.